The average molecular weight is 361 g/mol. The molecule has 0 spiro atoms. The third kappa shape index (κ3) is 2.54. The Bertz CT molecular complexity index is 1150. The lowest BCUT2D eigenvalue weighted by atomic mass is 9.88. The monoisotopic (exact) mass is 361 g/mol. The minimum absolute atomic E-state index is 0.0463. The van der Waals surface area contributed by atoms with E-state index in [-0.39, 0.29) is 5.78 Å². The van der Waals surface area contributed by atoms with Crippen LogP contribution in [0.5, 0.6) is 0 Å². The zero-order valence-corrected chi connectivity index (χ0v) is 15.6. The fourth-order valence-electron chi connectivity index (χ4n) is 4.06. The molecule has 0 amide bonds. The van der Waals surface area contributed by atoms with Gasteiger partial charge in [-0.25, -0.2) is 0 Å². The Hall–Kier alpha value is -3.65. The van der Waals surface area contributed by atoms with Gasteiger partial charge < -0.3 is 4.90 Å². The van der Waals surface area contributed by atoms with E-state index in [1.807, 2.05) is 36.4 Å². The number of rotatable bonds is 1. The minimum Gasteiger partial charge on any atom is -0.344 e. The van der Waals surface area contributed by atoms with Crippen molar-refractivity contribution in [1.29, 1.82) is 0 Å². The van der Waals surface area contributed by atoms with Gasteiger partial charge in [-0.3, -0.25) is 4.79 Å². The summed E-state index contributed by atoms with van der Waals surface area (Å²) in [4.78, 5) is 14.8. The molecule has 0 aromatic heterocycles. The molecule has 0 atom stereocenters. The van der Waals surface area contributed by atoms with Gasteiger partial charge in [0.15, 0.2) is 5.78 Å². The molecule has 0 radical (unpaired) electrons. The number of carbonyl (C=O) groups excluding carboxylic acids is 1. The van der Waals surface area contributed by atoms with Crippen LogP contribution in [0.4, 0.5) is 11.4 Å². The Morgan fingerprint density at radius 2 is 1.18 bits per heavy atom. The molecule has 0 saturated carbocycles. The van der Waals surface area contributed by atoms with Gasteiger partial charge in [-0.15, -0.1) is 0 Å². The Kier molecular flexibility index (Phi) is 3.84. The highest BCUT2D eigenvalue weighted by atomic mass is 16.1. The summed E-state index contributed by atoms with van der Waals surface area (Å²) in [6, 6.07) is 24.8. The number of nitrogens with zero attached hydrogens (tertiary/aromatic N) is 1. The summed E-state index contributed by atoms with van der Waals surface area (Å²) in [5.74, 6) is 0.0463. The van der Waals surface area contributed by atoms with Crippen LogP contribution in [-0.4, -0.2) is 12.8 Å². The van der Waals surface area contributed by atoms with Gasteiger partial charge in [0.25, 0.3) is 0 Å². The first-order valence-electron chi connectivity index (χ1n) is 9.40. The molecular weight excluding hydrogens is 342 g/mol. The highest BCUT2D eigenvalue weighted by Gasteiger charge is 2.23. The Balaban J connectivity index is 1.71. The lowest BCUT2D eigenvalue weighted by Gasteiger charge is -2.31. The number of benzene rings is 3. The van der Waals surface area contributed by atoms with E-state index in [1.54, 1.807) is 6.08 Å². The van der Waals surface area contributed by atoms with Gasteiger partial charge >= 0.3 is 0 Å². The predicted molar refractivity (Wildman–Crippen MR) is 116 cm³/mol. The molecule has 1 aliphatic carbocycles. The molecule has 5 rings (SSSR count). The van der Waals surface area contributed by atoms with Crippen molar-refractivity contribution < 1.29 is 4.79 Å². The van der Waals surface area contributed by atoms with Crippen molar-refractivity contribution in [3.8, 4) is 0 Å². The number of hydrogen-bond donors (Lipinski definition) is 0. The van der Waals surface area contributed by atoms with Crippen molar-refractivity contribution in [3.63, 3.8) is 0 Å². The molecule has 1 aliphatic heterocycles. The Morgan fingerprint density at radius 1 is 0.643 bits per heavy atom. The van der Waals surface area contributed by atoms with Crippen LogP contribution < -0.4 is 4.90 Å². The van der Waals surface area contributed by atoms with Crippen LogP contribution in [0.3, 0.4) is 0 Å². The zero-order chi connectivity index (χ0) is 19.1. The van der Waals surface area contributed by atoms with Crippen LogP contribution in [0.25, 0.3) is 17.2 Å². The van der Waals surface area contributed by atoms with Crippen molar-refractivity contribution in [3.05, 3.63) is 113 Å². The molecule has 0 unspecified atom stereocenters. The summed E-state index contributed by atoms with van der Waals surface area (Å²) in [6.45, 7) is 0. The molecule has 0 bridgehead atoms. The third-order valence-corrected chi connectivity index (χ3v) is 5.46. The second-order valence-corrected chi connectivity index (χ2v) is 7.04. The first-order valence-corrected chi connectivity index (χ1v) is 9.40. The lowest BCUT2D eigenvalue weighted by molar-refractivity contribution is -0.109. The normalized spacial score (nSPS) is 15.9. The van der Waals surface area contributed by atoms with E-state index >= 15 is 0 Å². The number of allylic oxidation sites excluding steroid dienone is 4. The van der Waals surface area contributed by atoms with E-state index in [0.717, 1.165) is 22.3 Å². The number of hydrogen-bond acceptors (Lipinski definition) is 2. The molecule has 0 N–H and O–H groups in total. The predicted octanol–water partition coefficient (Wildman–Crippen LogP) is 5.88. The molecule has 0 fully saturated rings. The summed E-state index contributed by atoms with van der Waals surface area (Å²) >= 11 is 0. The van der Waals surface area contributed by atoms with Crippen molar-refractivity contribution in [1.82, 2.24) is 0 Å². The smallest absolute Gasteiger partial charge is 0.186 e. The SMILES string of the molecule is CN1c2ccccc2C(=CC=C2C(=O)C=Cc3ccccc32)c2ccccc21. The van der Waals surface area contributed by atoms with E-state index in [9.17, 15) is 4.79 Å². The van der Waals surface area contributed by atoms with Crippen LogP contribution in [0, 0.1) is 0 Å². The van der Waals surface area contributed by atoms with E-state index < -0.39 is 0 Å². The largest absolute Gasteiger partial charge is 0.344 e. The summed E-state index contributed by atoms with van der Waals surface area (Å²) in [5, 5.41) is 0. The van der Waals surface area contributed by atoms with Gasteiger partial charge in [-0.2, -0.15) is 0 Å². The molecule has 2 aliphatic rings. The van der Waals surface area contributed by atoms with Crippen LogP contribution >= 0.6 is 0 Å². The number of anilines is 2. The van der Waals surface area contributed by atoms with Gasteiger partial charge in [-0.1, -0.05) is 72.8 Å². The van der Waals surface area contributed by atoms with Crippen molar-refractivity contribution >= 4 is 34.4 Å². The van der Waals surface area contributed by atoms with Gasteiger partial charge in [0, 0.05) is 35.1 Å². The second-order valence-electron chi connectivity index (χ2n) is 7.04. The fraction of sp³-hybridized carbons (Fsp3) is 0.0385. The molecule has 1 heterocycles. The van der Waals surface area contributed by atoms with Crippen LogP contribution in [0.1, 0.15) is 22.3 Å². The maximum atomic E-state index is 12.6. The van der Waals surface area contributed by atoms with E-state index in [4.69, 9.17) is 0 Å². The van der Waals surface area contributed by atoms with Crippen molar-refractivity contribution in [2.75, 3.05) is 11.9 Å². The molecule has 2 nitrogen and oxygen atoms in total. The quantitative estimate of drug-likeness (QED) is 0.505. The standard InChI is InChI=1S/C26H19NO/c1-27-24-12-6-4-10-21(24)20(22-11-5-7-13-25(22)27)15-16-23-19-9-3-2-8-18(19)14-17-26(23)28/h2-17H,1H3. The molecular formula is C26H19NO. The third-order valence-electron chi connectivity index (χ3n) is 5.46. The van der Waals surface area contributed by atoms with Crippen LogP contribution in [0.15, 0.2) is 91.0 Å². The summed E-state index contributed by atoms with van der Waals surface area (Å²) < 4.78 is 0. The lowest BCUT2D eigenvalue weighted by Crippen LogP contribution is -2.17. The summed E-state index contributed by atoms with van der Waals surface area (Å²) in [7, 11) is 2.10. The number of ketones is 1. The second kappa shape index (κ2) is 6.50. The zero-order valence-electron chi connectivity index (χ0n) is 15.6. The average Bonchev–Trinajstić information content (AvgIpc) is 2.75. The highest BCUT2D eigenvalue weighted by molar-refractivity contribution is 6.30. The molecule has 3 aromatic carbocycles. The number of para-hydroxylation sites is 2. The first-order chi connectivity index (χ1) is 13.7. The molecule has 3 aromatic rings. The maximum Gasteiger partial charge on any atom is 0.186 e. The molecule has 0 saturated heterocycles. The van der Waals surface area contributed by atoms with E-state index in [0.29, 0.717) is 0 Å². The Labute approximate surface area is 164 Å². The highest BCUT2D eigenvalue weighted by Crippen LogP contribution is 2.44. The van der Waals surface area contributed by atoms with E-state index in [1.165, 1.54) is 22.5 Å². The van der Waals surface area contributed by atoms with Gasteiger partial charge in [0.2, 0.25) is 0 Å². The fourth-order valence-corrected chi connectivity index (χ4v) is 4.06. The van der Waals surface area contributed by atoms with Gasteiger partial charge in [0.1, 0.15) is 0 Å². The topological polar surface area (TPSA) is 20.3 Å². The van der Waals surface area contributed by atoms with Gasteiger partial charge in [0.05, 0.1) is 0 Å². The molecule has 134 valence electrons. The van der Waals surface area contributed by atoms with Crippen molar-refractivity contribution in [2.45, 2.75) is 0 Å². The molecule has 2 heteroatoms. The molecule has 28 heavy (non-hydrogen) atoms. The number of fused-ring (bicyclic) bond motifs is 3. The number of carbonyl (C=O) groups is 1. The van der Waals surface area contributed by atoms with E-state index in [2.05, 4.69) is 66.6 Å². The first kappa shape index (κ1) is 16.5. The summed E-state index contributed by atoms with van der Waals surface area (Å²) in [5.41, 5.74) is 8.62. The van der Waals surface area contributed by atoms with Crippen molar-refractivity contribution in [2.24, 2.45) is 0 Å². The van der Waals surface area contributed by atoms with Crippen LogP contribution in [0.2, 0.25) is 0 Å². The Morgan fingerprint density at radius 3 is 1.86 bits per heavy atom. The van der Waals surface area contributed by atoms with Crippen LogP contribution in [-0.2, 0) is 4.79 Å². The van der Waals surface area contributed by atoms with Gasteiger partial charge in [-0.05, 0) is 41.0 Å². The summed E-state index contributed by atoms with van der Waals surface area (Å²) in [6.07, 6.45) is 7.61. The minimum atomic E-state index is 0.0463. The maximum absolute atomic E-state index is 12.6.